The van der Waals surface area contributed by atoms with Crippen molar-refractivity contribution in [3.63, 3.8) is 0 Å². The van der Waals surface area contributed by atoms with Crippen molar-refractivity contribution in [3.8, 4) is 0 Å². The van der Waals surface area contributed by atoms with Gasteiger partial charge in [0.25, 0.3) is 0 Å². The number of hydrogen-bond acceptors (Lipinski definition) is 4. The molecule has 0 radical (unpaired) electrons. The summed E-state index contributed by atoms with van der Waals surface area (Å²) in [5, 5.41) is 9.89. The number of thiophene rings is 1. The second kappa shape index (κ2) is 6.05. The molecule has 2 aromatic rings. The second-order valence-corrected chi connectivity index (χ2v) is 6.07. The first-order valence-electron chi connectivity index (χ1n) is 6.59. The van der Waals surface area contributed by atoms with Crippen LogP contribution in [0.2, 0.25) is 0 Å². The minimum atomic E-state index is 0.0717. The summed E-state index contributed by atoms with van der Waals surface area (Å²) in [7, 11) is 0. The van der Waals surface area contributed by atoms with Crippen LogP contribution in [0.3, 0.4) is 0 Å². The van der Waals surface area contributed by atoms with Crippen molar-refractivity contribution in [3.05, 3.63) is 45.8 Å². The number of nitrogen functional groups attached to an aromatic ring is 1. The van der Waals surface area contributed by atoms with E-state index in [1.807, 2.05) is 19.1 Å². The molecule has 20 heavy (non-hydrogen) atoms. The lowest BCUT2D eigenvalue weighted by Crippen LogP contribution is -2.33. The Balaban J connectivity index is 2.44. The maximum absolute atomic E-state index is 7.81. The minimum Gasteiger partial charge on any atom is -0.384 e. The molecule has 0 spiro atoms. The first-order chi connectivity index (χ1) is 9.50. The summed E-state index contributed by atoms with van der Waals surface area (Å²) < 4.78 is 0. The van der Waals surface area contributed by atoms with Crippen LogP contribution >= 0.6 is 11.3 Å². The molecule has 4 nitrogen and oxygen atoms in total. The summed E-state index contributed by atoms with van der Waals surface area (Å²) in [5.74, 6) is 0.864. The Bertz CT molecular complexity index is 590. The molecule has 106 valence electrons. The van der Waals surface area contributed by atoms with Gasteiger partial charge in [-0.15, -0.1) is 11.3 Å². The fourth-order valence-electron chi connectivity index (χ4n) is 2.17. The lowest BCUT2D eigenvalue weighted by atomic mass is 10.1. The number of anilines is 1. The van der Waals surface area contributed by atoms with Crippen molar-refractivity contribution in [1.29, 1.82) is 5.41 Å². The first kappa shape index (κ1) is 14.5. The molecule has 0 amide bonds. The largest absolute Gasteiger partial charge is 0.384 e. The van der Waals surface area contributed by atoms with Gasteiger partial charge in [-0.2, -0.15) is 0 Å². The molecular weight excluding hydrogens is 268 g/mol. The molecule has 2 aromatic heterocycles. The standard InChI is InChI=1S/C15H20N4S/c1-10(2)19(9-12-5-4-8-20-12)15-13(14(16)17)11(3)6-7-18-15/h4-8,10H,9H2,1-3H3,(H3,16,17). The molecule has 0 aliphatic heterocycles. The third kappa shape index (κ3) is 2.99. The molecular formula is C15H20N4S. The summed E-state index contributed by atoms with van der Waals surface area (Å²) in [6, 6.07) is 6.34. The van der Waals surface area contributed by atoms with E-state index in [9.17, 15) is 0 Å². The van der Waals surface area contributed by atoms with Crippen molar-refractivity contribution < 1.29 is 0 Å². The van der Waals surface area contributed by atoms with Gasteiger partial charge in [0.05, 0.1) is 12.1 Å². The molecule has 0 aliphatic rings. The molecule has 0 fully saturated rings. The van der Waals surface area contributed by atoms with Crippen LogP contribution in [-0.2, 0) is 6.54 Å². The quantitative estimate of drug-likeness (QED) is 0.656. The van der Waals surface area contributed by atoms with Crippen LogP contribution in [-0.4, -0.2) is 16.9 Å². The number of aryl methyl sites for hydroxylation is 1. The van der Waals surface area contributed by atoms with Crippen molar-refractivity contribution in [1.82, 2.24) is 4.98 Å². The van der Waals surface area contributed by atoms with Gasteiger partial charge in [0.2, 0.25) is 0 Å². The molecule has 0 aromatic carbocycles. The first-order valence-corrected chi connectivity index (χ1v) is 7.47. The number of amidine groups is 1. The van der Waals surface area contributed by atoms with Gasteiger partial charge >= 0.3 is 0 Å². The Labute approximate surface area is 123 Å². The van der Waals surface area contributed by atoms with Gasteiger partial charge in [0, 0.05) is 17.1 Å². The SMILES string of the molecule is Cc1ccnc(N(Cc2cccs2)C(C)C)c1C(=N)N. The Hall–Kier alpha value is -1.88. The molecule has 0 aliphatic carbocycles. The number of hydrogen-bond donors (Lipinski definition) is 2. The average Bonchev–Trinajstić information content (AvgIpc) is 2.87. The van der Waals surface area contributed by atoms with Gasteiger partial charge in [0.1, 0.15) is 11.7 Å². The normalized spacial score (nSPS) is 10.8. The third-order valence-electron chi connectivity index (χ3n) is 3.21. The van der Waals surface area contributed by atoms with Crippen molar-refractivity contribution in [2.75, 3.05) is 4.90 Å². The van der Waals surface area contributed by atoms with E-state index in [1.165, 1.54) is 4.88 Å². The number of pyridine rings is 1. The Morgan fingerprint density at radius 3 is 2.75 bits per heavy atom. The Morgan fingerprint density at radius 2 is 2.20 bits per heavy atom. The zero-order valence-corrected chi connectivity index (χ0v) is 12.9. The van der Waals surface area contributed by atoms with Gasteiger partial charge in [-0.1, -0.05) is 6.07 Å². The Morgan fingerprint density at radius 1 is 1.45 bits per heavy atom. The molecule has 3 N–H and O–H groups in total. The topological polar surface area (TPSA) is 66.0 Å². The molecule has 0 saturated carbocycles. The van der Waals surface area contributed by atoms with Gasteiger partial charge in [0.15, 0.2) is 0 Å². The van der Waals surface area contributed by atoms with Crippen LogP contribution in [0.25, 0.3) is 0 Å². The zero-order valence-electron chi connectivity index (χ0n) is 12.1. The van der Waals surface area contributed by atoms with E-state index in [2.05, 4.69) is 35.2 Å². The second-order valence-electron chi connectivity index (χ2n) is 5.04. The lowest BCUT2D eigenvalue weighted by Gasteiger charge is -2.29. The van der Waals surface area contributed by atoms with E-state index >= 15 is 0 Å². The summed E-state index contributed by atoms with van der Waals surface area (Å²) in [5.41, 5.74) is 7.47. The zero-order chi connectivity index (χ0) is 14.7. The maximum atomic E-state index is 7.81. The number of nitrogens with two attached hydrogens (primary N) is 1. The molecule has 5 heteroatoms. The maximum Gasteiger partial charge on any atom is 0.140 e. The highest BCUT2D eigenvalue weighted by Gasteiger charge is 2.19. The number of nitrogens with one attached hydrogen (secondary N) is 1. The van der Waals surface area contributed by atoms with E-state index in [-0.39, 0.29) is 11.9 Å². The van der Waals surface area contributed by atoms with Crippen molar-refractivity contribution >= 4 is 23.0 Å². The van der Waals surface area contributed by atoms with Crippen LogP contribution in [0.5, 0.6) is 0 Å². The molecule has 0 unspecified atom stereocenters. The highest BCUT2D eigenvalue weighted by Crippen LogP contribution is 2.25. The highest BCUT2D eigenvalue weighted by molar-refractivity contribution is 7.09. The monoisotopic (exact) mass is 288 g/mol. The summed E-state index contributed by atoms with van der Waals surface area (Å²) in [6.07, 6.45) is 1.78. The summed E-state index contributed by atoms with van der Waals surface area (Å²) in [6.45, 7) is 7.00. The number of nitrogens with zero attached hydrogens (tertiary/aromatic N) is 2. The van der Waals surface area contributed by atoms with E-state index in [1.54, 1.807) is 17.5 Å². The predicted molar refractivity (Wildman–Crippen MR) is 85.6 cm³/mol. The fourth-order valence-corrected chi connectivity index (χ4v) is 2.87. The van der Waals surface area contributed by atoms with E-state index in [4.69, 9.17) is 11.1 Å². The van der Waals surface area contributed by atoms with Gasteiger partial charge < -0.3 is 10.6 Å². The smallest absolute Gasteiger partial charge is 0.140 e. The van der Waals surface area contributed by atoms with E-state index in [0.29, 0.717) is 0 Å². The number of aromatic nitrogens is 1. The highest BCUT2D eigenvalue weighted by atomic mass is 32.1. The molecule has 0 atom stereocenters. The molecule has 0 saturated heterocycles. The Kier molecular flexibility index (Phi) is 4.39. The van der Waals surface area contributed by atoms with Gasteiger partial charge in [-0.05, 0) is 43.8 Å². The average molecular weight is 288 g/mol. The number of rotatable bonds is 5. The predicted octanol–water partition coefficient (Wildman–Crippen LogP) is 3.15. The summed E-state index contributed by atoms with van der Waals surface area (Å²) in [4.78, 5) is 7.94. The minimum absolute atomic E-state index is 0.0717. The van der Waals surface area contributed by atoms with Crippen molar-refractivity contribution in [2.45, 2.75) is 33.4 Å². The van der Waals surface area contributed by atoms with E-state index in [0.717, 1.165) is 23.5 Å². The van der Waals surface area contributed by atoms with Crippen molar-refractivity contribution in [2.24, 2.45) is 5.73 Å². The fraction of sp³-hybridized carbons (Fsp3) is 0.333. The van der Waals surface area contributed by atoms with Gasteiger partial charge in [-0.25, -0.2) is 4.98 Å². The van der Waals surface area contributed by atoms with Crippen LogP contribution in [0.15, 0.2) is 29.8 Å². The van der Waals surface area contributed by atoms with Crippen LogP contribution in [0, 0.1) is 12.3 Å². The lowest BCUT2D eigenvalue weighted by molar-refractivity contribution is 0.676. The molecule has 2 heterocycles. The van der Waals surface area contributed by atoms with E-state index < -0.39 is 0 Å². The molecule has 2 rings (SSSR count). The van der Waals surface area contributed by atoms with Crippen LogP contribution < -0.4 is 10.6 Å². The van der Waals surface area contributed by atoms with Gasteiger partial charge in [-0.3, -0.25) is 5.41 Å². The summed E-state index contributed by atoms with van der Waals surface area (Å²) >= 11 is 1.73. The van der Waals surface area contributed by atoms with Crippen LogP contribution in [0.4, 0.5) is 5.82 Å². The third-order valence-corrected chi connectivity index (χ3v) is 4.07. The van der Waals surface area contributed by atoms with Crippen LogP contribution in [0.1, 0.15) is 29.9 Å². The molecule has 0 bridgehead atoms.